The number of hydrogen-bond donors (Lipinski definition) is 0. The van der Waals surface area contributed by atoms with Gasteiger partial charge in [0.1, 0.15) is 23.7 Å². The van der Waals surface area contributed by atoms with Crippen LogP contribution in [0.25, 0.3) is 5.57 Å². The molecule has 1 saturated carbocycles. The maximum Gasteiger partial charge on any atom is 0.169 e. The second-order valence-corrected chi connectivity index (χ2v) is 6.74. The van der Waals surface area contributed by atoms with E-state index in [1.807, 2.05) is 18.0 Å². The van der Waals surface area contributed by atoms with Gasteiger partial charge in [-0.2, -0.15) is 5.26 Å². The third-order valence-electron chi connectivity index (χ3n) is 4.91. The van der Waals surface area contributed by atoms with Crippen molar-refractivity contribution in [1.29, 1.82) is 5.26 Å². The van der Waals surface area contributed by atoms with Gasteiger partial charge in [0.25, 0.3) is 0 Å². The SMILES string of the molecule is CCOC1C=C2C(=CN(C3CC3)C(C#N)=C2c2cccc(F)c2)CC1=O. The summed E-state index contributed by atoms with van der Waals surface area (Å²) in [5.74, 6) is -0.341. The van der Waals surface area contributed by atoms with Crippen LogP contribution >= 0.6 is 0 Å². The van der Waals surface area contributed by atoms with Crippen LogP contribution in [-0.4, -0.2) is 29.4 Å². The molecule has 26 heavy (non-hydrogen) atoms. The summed E-state index contributed by atoms with van der Waals surface area (Å²) in [6, 6.07) is 8.85. The first-order valence-electron chi connectivity index (χ1n) is 8.88. The Morgan fingerprint density at radius 3 is 2.85 bits per heavy atom. The lowest BCUT2D eigenvalue weighted by Crippen LogP contribution is -2.32. The topological polar surface area (TPSA) is 53.3 Å². The lowest BCUT2D eigenvalue weighted by Gasteiger charge is -2.33. The number of halogens is 1. The lowest BCUT2D eigenvalue weighted by atomic mass is 9.81. The molecule has 0 saturated heterocycles. The van der Waals surface area contributed by atoms with E-state index < -0.39 is 6.10 Å². The number of ether oxygens (including phenoxy) is 1. The largest absolute Gasteiger partial charge is 0.367 e. The summed E-state index contributed by atoms with van der Waals surface area (Å²) in [7, 11) is 0. The first kappa shape index (κ1) is 16.7. The van der Waals surface area contributed by atoms with Crippen LogP contribution in [0.3, 0.4) is 0 Å². The number of nitrogens with zero attached hydrogens (tertiary/aromatic N) is 2. The van der Waals surface area contributed by atoms with Crippen LogP contribution in [0.15, 0.2) is 53.4 Å². The molecule has 0 radical (unpaired) electrons. The second kappa shape index (κ2) is 6.54. The van der Waals surface area contributed by atoms with Crippen LogP contribution < -0.4 is 0 Å². The van der Waals surface area contributed by atoms with Gasteiger partial charge in [-0.25, -0.2) is 4.39 Å². The molecule has 5 heteroatoms. The average Bonchev–Trinajstić information content (AvgIpc) is 3.46. The Kier molecular flexibility index (Phi) is 4.21. The number of fused-ring (bicyclic) bond motifs is 1. The van der Waals surface area contributed by atoms with Gasteiger partial charge < -0.3 is 9.64 Å². The number of ketones is 1. The maximum absolute atomic E-state index is 13.9. The van der Waals surface area contributed by atoms with Gasteiger partial charge in [0, 0.05) is 30.8 Å². The number of benzene rings is 1. The minimum absolute atomic E-state index is 0.0107. The first-order valence-corrected chi connectivity index (χ1v) is 8.88. The van der Waals surface area contributed by atoms with Crippen molar-refractivity contribution >= 4 is 11.4 Å². The van der Waals surface area contributed by atoms with Gasteiger partial charge in [0.15, 0.2) is 5.78 Å². The molecule has 4 rings (SSSR count). The average molecular weight is 350 g/mol. The van der Waals surface area contributed by atoms with E-state index in [2.05, 4.69) is 6.07 Å². The molecule has 1 aliphatic heterocycles. The Hall–Kier alpha value is -2.71. The quantitative estimate of drug-likeness (QED) is 0.830. The van der Waals surface area contributed by atoms with Crippen molar-refractivity contribution in [3.8, 4) is 6.07 Å². The molecule has 0 bridgehead atoms. The molecule has 1 aromatic carbocycles. The number of rotatable bonds is 4. The summed E-state index contributed by atoms with van der Waals surface area (Å²) < 4.78 is 19.4. The zero-order valence-electron chi connectivity index (χ0n) is 14.5. The fourth-order valence-electron chi connectivity index (χ4n) is 3.59. The van der Waals surface area contributed by atoms with E-state index in [0.29, 0.717) is 23.4 Å². The predicted molar refractivity (Wildman–Crippen MR) is 95.0 cm³/mol. The summed E-state index contributed by atoms with van der Waals surface area (Å²) >= 11 is 0. The van der Waals surface area contributed by atoms with E-state index in [1.54, 1.807) is 18.2 Å². The van der Waals surface area contributed by atoms with E-state index in [4.69, 9.17) is 4.74 Å². The van der Waals surface area contributed by atoms with Gasteiger partial charge in [0.05, 0.1) is 0 Å². The molecule has 0 spiro atoms. The fourth-order valence-corrected chi connectivity index (χ4v) is 3.59. The van der Waals surface area contributed by atoms with E-state index in [0.717, 1.165) is 24.0 Å². The van der Waals surface area contributed by atoms with Crippen LogP contribution in [0.1, 0.15) is 31.7 Å². The van der Waals surface area contributed by atoms with Crippen molar-refractivity contribution in [3.63, 3.8) is 0 Å². The molecule has 0 N–H and O–H groups in total. The molecule has 1 atom stereocenters. The zero-order valence-corrected chi connectivity index (χ0v) is 14.5. The van der Waals surface area contributed by atoms with Crippen molar-refractivity contribution in [2.45, 2.75) is 38.3 Å². The summed E-state index contributed by atoms with van der Waals surface area (Å²) in [6.45, 7) is 2.27. The van der Waals surface area contributed by atoms with Gasteiger partial charge in [-0.1, -0.05) is 12.1 Å². The van der Waals surface area contributed by atoms with Crippen molar-refractivity contribution in [2.24, 2.45) is 0 Å². The molecular weight excluding hydrogens is 331 g/mol. The minimum atomic E-state index is -0.622. The molecule has 1 fully saturated rings. The van der Waals surface area contributed by atoms with Gasteiger partial charge in [0.2, 0.25) is 0 Å². The number of Topliss-reactive ketones (excluding diaryl/α,β-unsaturated/α-hetero) is 1. The lowest BCUT2D eigenvalue weighted by molar-refractivity contribution is -0.127. The van der Waals surface area contributed by atoms with Crippen molar-refractivity contribution in [3.05, 3.63) is 64.8 Å². The molecule has 3 aliphatic rings. The summed E-state index contributed by atoms with van der Waals surface area (Å²) in [6.07, 6.45) is 5.37. The molecule has 132 valence electrons. The first-order chi connectivity index (χ1) is 12.6. The normalized spacial score (nSPS) is 22.6. The molecule has 1 aromatic rings. The molecule has 1 heterocycles. The highest BCUT2D eigenvalue weighted by Gasteiger charge is 2.38. The number of allylic oxidation sites excluding steroid dienone is 4. The van der Waals surface area contributed by atoms with Crippen molar-refractivity contribution < 1.29 is 13.9 Å². The highest BCUT2D eigenvalue weighted by Crippen LogP contribution is 2.44. The predicted octanol–water partition coefficient (Wildman–Crippen LogP) is 3.73. The van der Waals surface area contributed by atoms with E-state index in [1.165, 1.54) is 12.1 Å². The van der Waals surface area contributed by atoms with Crippen LogP contribution in [0.5, 0.6) is 0 Å². The summed E-state index contributed by atoms with van der Waals surface area (Å²) in [5.41, 5.74) is 3.53. The highest BCUT2D eigenvalue weighted by atomic mass is 19.1. The molecule has 0 aromatic heterocycles. The molecular formula is C21H19FN2O2. The second-order valence-electron chi connectivity index (χ2n) is 6.74. The zero-order chi connectivity index (χ0) is 18.3. The maximum atomic E-state index is 13.9. The monoisotopic (exact) mass is 350 g/mol. The minimum Gasteiger partial charge on any atom is -0.367 e. The summed E-state index contributed by atoms with van der Waals surface area (Å²) in [4.78, 5) is 14.4. The Bertz CT molecular complexity index is 903. The Balaban J connectivity index is 1.91. The number of carbonyl (C=O) groups is 1. The van der Waals surface area contributed by atoms with Crippen molar-refractivity contribution in [2.75, 3.05) is 6.61 Å². The Morgan fingerprint density at radius 1 is 1.38 bits per heavy atom. The van der Waals surface area contributed by atoms with Gasteiger partial charge in [-0.05, 0) is 54.7 Å². The van der Waals surface area contributed by atoms with Crippen molar-refractivity contribution in [1.82, 2.24) is 4.90 Å². The molecule has 1 unspecified atom stereocenters. The smallest absolute Gasteiger partial charge is 0.169 e. The van der Waals surface area contributed by atoms with Crippen LogP contribution in [0, 0.1) is 17.1 Å². The van der Waals surface area contributed by atoms with Gasteiger partial charge in [-0.15, -0.1) is 0 Å². The molecule has 4 nitrogen and oxygen atoms in total. The van der Waals surface area contributed by atoms with E-state index in [9.17, 15) is 14.4 Å². The van der Waals surface area contributed by atoms with Crippen LogP contribution in [-0.2, 0) is 9.53 Å². The van der Waals surface area contributed by atoms with E-state index >= 15 is 0 Å². The third kappa shape index (κ3) is 2.87. The third-order valence-corrected chi connectivity index (χ3v) is 4.91. The molecule has 2 aliphatic carbocycles. The fraction of sp³-hybridized carbons (Fsp3) is 0.333. The number of nitriles is 1. The highest BCUT2D eigenvalue weighted by molar-refractivity contribution is 5.98. The van der Waals surface area contributed by atoms with Gasteiger partial charge in [-0.3, -0.25) is 4.79 Å². The summed E-state index contributed by atoms with van der Waals surface area (Å²) in [5, 5.41) is 9.85. The standard InChI is InChI=1S/C21H19FN2O2/c1-2-26-20-10-17-14(9-19(20)25)12-24(16-6-7-16)18(11-23)21(17)13-4-3-5-15(22)8-13/h3-5,8,10,12,16,20H,2,6-7,9H2,1H3. The van der Waals surface area contributed by atoms with E-state index in [-0.39, 0.29) is 24.1 Å². The molecule has 0 amide bonds. The van der Waals surface area contributed by atoms with Crippen LogP contribution in [0.4, 0.5) is 4.39 Å². The Morgan fingerprint density at radius 2 is 2.19 bits per heavy atom. The van der Waals surface area contributed by atoms with Crippen LogP contribution in [0.2, 0.25) is 0 Å². The Labute approximate surface area is 151 Å². The number of carbonyl (C=O) groups excluding carboxylic acids is 1. The van der Waals surface area contributed by atoms with Gasteiger partial charge >= 0.3 is 0 Å². The number of hydrogen-bond acceptors (Lipinski definition) is 4.